The molecule has 2 rings (SSSR count). The van der Waals surface area contributed by atoms with E-state index in [1.54, 1.807) is 4.31 Å². The minimum Gasteiger partial charge on any atom is -0.207 e. The highest BCUT2D eigenvalue weighted by Gasteiger charge is 2.29. The predicted molar refractivity (Wildman–Crippen MR) is 85.5 cm³/mol. The summed E-state index contributed by atoms with van der Waals surface area (Å²) in [5.74, 6) is 0. The van der Waals surface area contributed by atoms with Crippen LogP contribution in [-0.4, -0.2) is 25.8 Å². The van der Waals surface area contributed by atoms with E-state index in [2.05, 4.69) is 36.7 Å². The first-order valence-electron chi connectivity index (χ1n) is 7.03. The van der Waals surface area contributed by atoms with Crippen LogP contribution in [-0.2, 0) is 15.4 Å². The van der Waals surface area contributed by atoms with E-state index in [0.717, 1.165) is 24.8 Å². The van der Waals surface area contributed by atoms with E-state index in [4.69, 9.17) is 0 Å². The molecule has 0 bridgehead atoms. The fourth-order valence-corrected chi connectivity index (χ4v) is 4.88. The van der Waals surface area contributed by atoms with Crippen molar-refractivity contribution in [2.75, 3.05) is 13.1 Å². The van der Waals surface area contributed by atoms with Crippen molar-refractivity contribution < 1.29 is 8.42 Å². The van der Waals surface area contributed by atoms with Crippen molar-refractivity contribution in [3.8, 4) is 0 Å². The lowest BCUT2D eigenvalue weighted by Gasteiger charge is -2.27. The van der Waals surface area contributed by atoms with E-state index in [-0.39, 0.29) is 5.41 Å². The van der Waals surface area contributed by atoms with Crippen molar-refractivity contribution in [2.45, 2.75) is 50.3 Å². The second kappa shape index (κ2) is 5.78. The second-order valence-corrected chi connectivity index (χ2v) is 9.12. The SMILES string of the molecule is CC(C)(C)c1ccc(Br)c(S(=O)(=O)N2CCCCC2)c1. The zero-order valence-corrected chi connectivity index (χ0v) is 14.7. The number of hydrogen-bond acceptors (Lipinski definition) is 2. The molecule has 0 amide bonds. The number of halogens is 1. The van der Waals surface area contributed by atoms with Gasteiger partial charge in [-0.05, 0) is 51.9 Å². The number of benzene rings is 1. The molecule has 1 aliphatic heterocycles. The molecule has 5 heteroatoms. The molecule has 1 saturated heterocycles. The van der Waals surface area contributed by atoms with Crippen molar-refractivity contribution in [1.82, 2.24) is 4.31 Å². The molecule has 1 aromatic rings. The van der Waals surface area contributed by atoms with Gasteiger partial charge in [-0.1, -0.05) is 33.3 Å². The monoisotopic (exact) mass is 359 g/mol. The maximum atomic E-state index is 12.8. The Bertz CT molecular complexity index is 584. The highest BCUT2D eigenvalue weighted by molar-refractivity contribution is 9.10. The molecule has 1 fully saturated rings. The van der Waals surface area contributed by atoms with Crippen LogP contribution in [0.5, 0.6) is 0 Å². The van der Waals surface area contributed by atoms with Gasteiger partial charge in [0.1, 0.15) is 0 Å². The molecule has 20 heavy (non-hydrogen) atoms. The van der Waals surface area contributed by atoms with E-state index in [9.17, 15) is 8.42 Å². The van der Waals surface area contributed by atoms with Crippen LogP contribution in [0.1, 0.15) is 45.6 Å². The Kier molecular flexibility index (Phi) is 4.62. The van der Waals surface area contributed by atoms with Crippen LogP contribution in [0.15, 0.2) is 27.6 Å². The van der Waals surface area contributed by atoms with Gasteiger partial charge in [0.25, 0.3) is 0 Å². The normalized spacial score (nSPS) is 18.2. The summed E-state index contributed by atoms with van der Waals surface area (Å²) in [4.78, 5) is 0.395. The van der Waals surface area contributed by atoms with Gasteiger partial charge < -0.3 is 0 Å². The molecule has 0 N–H and O–H groups in total. The average molecular weight is 360 g/mol. The molecule has 1 aromatic carbocycles. The number of piperidine rings is 1. The molecular formula is C15H22BrNO2S. The summed E-state index contributed by atoms with van der Waals surface area (Å²) in [6, 6.07) is 5.64. The maximum Gasteiger partial charge on any atom is 0.244 e. The molecule has 0 radical (unpaired) electrons. The van der Waals surface area contributed by atoms with Gasteiger partial charge in [-0.15, -0.1) is 0 Å². The topological polar surface area (TPSA) is 37.4 Å². The molecule has 0 saturated carbocycles. The van der Waals surface area contributed by atoms with Crippen molar-refractivity contribution in [3.63, 3.8) is 0 Å². The zero-order valence-electron chi connectivity index (χ0n) is 12.3. The molecule has 1 heterocycles. The first-order valence-corrected chi connectivity index (χ1v) is 9.26. The van der Waals surface area contributed by atoms with Gasteiger partial charge in [0.15, 0.2) is 0 Å². The van der Waals surface area contributed by atoms with Gasteiger partial charge >= 0.3 is 0 Å². The van der Waals surface area contributed by atoms with Crippen molar-refractivity contribution >= 4 is 26.0 Å². The van der Waals surface area contributed by atoms with E-state index >= 15 is 0 Å². The lowest BCUT2D eigenvalue weighted by molar-refractivity contribution is 0.346. The van der Waals surface area contributed by atoms with Gasteiger partial charge in [-0.2, -0.15) is 4.31 Å². The molecule has 0 unspecified atom stereocenters. The highest BCUT2D eigenvalue weighted by Crippen LogP contribution is 2.32. The van der Waals surface area contributed by atoms with E-state index < -0.39 is 10.0 Å². The van der Waals surface area contributed by atoms with E-state index in [0.29, 0.717) is 22.5 Å². The van der Waals surface area contributed by atoms with Crippen LogP contribution < -0.4 is 0 Å². The number of nitrogens with zero attached hydrogens (tertiary/aromatic N) is 1. The minimum atomic E-state index is -3.39. The van der Waals surface area contributed by atoms with Crippen LogP contribution in [0.2, 0.25) is 0 Å². The van der Waals surface area contributed by atoms with Gasteiger partial charge in [-0.3, -0.25) is 0 Å². The smallest absolute Gasteiger partial charge is 0.207 e. The quantitative estimate of drug-likeness (QED) is 0.802. The summed E-state index contributed by atoms with van der Waals surface area (Å²) in [7, 11) is -3.39. The Balaban J connectivity index is 2.45. The third kappa shape index (κ3) is 3.26. The minimum absolute atomic E-state index is 0.0626. The molecule has 112 valence electrons. The number of hydrogen-bond donors (Lipinski definition) is 0. The summed E-state index contributed by atoms with van der Waals surface area (Å²) < 4.78 is 27.8. The summed E-state index contributed by atoms with van der Waals surface area (Å²) in [6.07, 6.45) is 3.03. The second-order valence-electron chi connectivity index (χ2n) is 6.36. The lowest BCUT2D eigenvalue weighted by Crippen LogP contribution is -2.35. The Labute approximate surface area is 130 Å². The Morgan fingerprint density at radius 1 is 1.10 bits per heavy atom. The third-order valence-corrected chi connectivity index (χ3v) is 6.62. The first-order chi connectivity index (χ1) is 9.23. The van der Waals surface area contributed by atoms with Gasteiger partial charge in [0, 0.05) is 17.6 Å². The number of sulfonamides is 1. The Hall–Kier alpha value is -0.390. The third-order valence-electron chi connectivity index (χ3n) is 3.73. The van der Waals surface area contributed by atoms with Crippen LogP contribution >= 0.6 is 15.9 Å². The fraction of sp³-hybridized carbons (Fsp3) is 0.600. The van der Waals surface area contributed by atoms with Gasteiger partial charge in [0.2, 0.25) is 10.0 Å². The van der Waals surface area contributed by atoms with Gasteiger partial charge in [0.05, 0.1) is 4.90 Å². The molecule has 0 aliphatic carbocycles. The van der Waals surface area contributed by atoms with Crippen LogP contribution in [0.4, 0.5) is 0 Å². The maximum absolute atomic E-state index is 12.8. The Morgan fingerprint density at radius 2 is 1.70 bits per heavy atom. The Morgan fingerprint density at radius 3 is 2.25 bits per heavy atom. The van der Waals surface area contributed by atoms with E-state index in [1.165, 1.54) is 0 Å². The van der Waals surface area contributed by atoms with Crippen molar-refractivity contribution in [3.05, 3.63) is 28.2 Å². The van der Waals surface area contributed by atoms with Crippen molar-refractivity contribution in [1.29, 1.82) is 0 Å². The van der Waals surface area contributed by atoms with Crippen LogP contribution in [0.3, 0.4) is 0 Å². The zero-order chi connectivity index (χ0) is 15.0. The first kappa shape index (κ1) is 16.0. The fourth-order valence-electron chi connectivity index (χ4n) is 2.41. The summed E-state index contributed by atoms with van der Waals surface area (Å²) in [5, 5.41) is 0. The van der Waals surface area contributed by atoms with Crippen molar-refractivity contribution in [2.24, 2.45) is 0 Å². The standard InChI is InChI=1S/C15H22BrNO2S/c1-15(2,3)12-7-8-13(16)14(11-12)20(18,19)17-9-5-4-6-10-17/h7-8,11H,4-6,9-10H2,1-3H3. The van der Waals surface area contributed by atoms with E-state index in [1.807, 2.05) is 18.2 Å². The highest BCUT2D eigenvalue weighted by atomic mass is 79.9. The molecule has 3 nitrogen and oxygen atoms in total. The molecule has 0 atom stereocenters. The van der Waals surface area contributed by atoms with Crippen LogP contribution in [0, 0.1) is 0 Å². The van der Waals surface area contributed by atoms with Crippen LogP contribution in [0.25, 0.3) is 0 Å². The summed E-state index contributed by atoms with van der Waals surface area (Å²) in [6.45, 7) is 7.54. The number of rotatable bonds is 2. The molecule has 0 aromatic heterocycles. The summed E-state index contributed by atoms with van der Waals surface area (Å²) in [5.41, 5.74) is 0.976. The molecule has 1 aliphatic rings. The lowest BCUT2D eigenvalue weighted by atomic mass is 9.87. The average Bonchev–Trinajstić information content (AvgIpc) is 2.38. The summed E-state index contributed by atoms with van der Waals surface area (Å²) >= 11 is 3.39. The largest absolute Gasteiger partial charge is 0.244 e. The predicted octanol–water partition coefficient (Wildman–Crippen LogP) is 3.92. The van der Waals surface area contributed by atoms with Gasteiger partial charge in [-0.25, -0.2) is 8.42 Å². The molecule has 0 spiro atoms. The molecular weight excluding hydrogens is 338 g/mol.